The lowest BCUT2D eigenvalue weighted by atomic mass is 10.1. The van der Waals surface area contributed by atoms with Crippen LogP contribution < -0.4 is 11.5 Å². The molecule has 4 nitrogen and oxygen atoms in total. The van der Waals surface area contributed by atoms with Gasteiger partial charge in [-0.15, -0.1) is 11.3 Å². The Morgan fingerprint density at radius 3 is 2.63 bits per heavy atom. The SMILES string of the molecule is Cc1ccsc1CN(C)C(=O)c1ccc(N)cc1N. The summed E-state index contributed by atoms with van der Waals surface area (Å²) >= 11 is 1.65. The highest BCUT2D eigenvalue weighted by atomic mass is 32.1. The van der Waals surface area contributed by atoms with Gasteiger partial charge in [-0.1, -0.05) is 0 Å². The largest absolute Gasteiger partial charge is 0.399 e. The number of rotatable bonds is 3. The Hall–Kier alpha value is -2.01. The van der Waals surface area contributed by atoms with E-state index in [0.717, 1.165) is 0 Å². The van der Waals surface area contributed by atoms with Gasteiger partial charge >= 0.3 is 0 Å². The summed E-state index contributed by atoms with van der Waals surface area (Å²) in [4.78, 5) is 15.2. The predicted octanol–water partition coefficient (Wildman–Crippen LogP) is 2.49. The maximum Gasteiger partial charge on any atom is 0.256 e. The summed E-state index contributed by atoms with van der Waals surface area (Å²) in [7, 11) is 1.78. The van der Waals surface area contributed by atoms with Crippen LogP contribution in [-0.4, -0.2) is 17.9 Å². The molecule has 2 rings (SSSR count). The molecule has 0 bridgehead atoms. The minimum absolute atomic E-state index is 0.0923. The zero-order valence-electron chi connectivity index (χ0n) is 11.0. The highest BCUT2D eigenvalue weighted by Gasteiger charge is 2.16. The van der Waals surface area contributed by atoms with Gasteiger partial charge in [0, 0.05) is 23.3 Å². The summed E-state index contributed by atoms with van der Waals surface area (Å²) in [6.07, 6.45) is 0. The van der Waals surface area contributed by atoms with E-state index < -0.39 is 0 Å². The first kappa shape index (κ1) is 13.4. The predicted molar refractivity (Wildman–Crippen MR) is 80.1 cm³/mol. The third-order valence-electron chi connectivity index (χ3n) is 3.00. The van der Waals surface area contributed by atoms with E-state index in [1.807, 2.05) is 12.3 Å². The quantitative estimate of drug-likeness (QED) is 0.845. The van der Waals surface area contributed by atoms with Gasteiger partial charge in [0.05, 0.1) is 12.1 Å². The van der Waals surface area contributed by atoms with Crippen LogP contribution in [0.15, 0.2) is 29.6 Å². The number of hydrogen-bond acceptors (Lipinski definition) is 4. The number of amides is 1. The average Bonchev–Trinajstić information content (AvgIpc) is 2.74. The molecule has 1 aromatic heterocycles. The molecule has 4 N–H and O–H groups in total. The normalized spacial score (nSPS) is 10.4. The van der Waals surface area contributed by atoms with Gasteiger partial charge in [0.2, 0.25) is 0 Å². The lowest BCUT2D eigenvalue weighted by molar-refractivity contribution is 0.0787. The van der Waals surface area contributed by atoms with Crippen molar-refractivity contribution in [2.45, 2.75) is 13.5 Å². The number of nitrogens with two attached hydrogens (primary N) is 2. The van der Waals surface area contributed by atoms with Gasteiger partial charge in [-0.3, -0.25) is 4.79 Å². The number of benzene rings is 1. The van der Waals surface area contributed by atoms with Gasteiger partial charge in [-0.05, 0) is 42.1 Å². The molecule has 2 aromatic rings. The summed E-state index contributed by atoms with van der Waals surface area (Å²) in [5.41, 5.74) is 14.1. The first-order chi connectivity index (χ1) is 8.99. The van der Waals surface area contributed by atoms with Gasteiger partial charge in [0.15, 0.2) is 0 Å². The summed E-state index contributed by atoms with van der Waals surface area (Å²) in [6.45, 7) is 2.63. The third kappa shape index (κ3) is 2.88. The van der Waals surface area contributed by atoms with Crippen LogP contribution in [0.4, 0.5) is 11.4 Å². The Balaban J connectivity index is 2.17. The van der Waals surface area contributed by atoms with E-state index in [0.29, 0.717) is 23.5 Å². The van der Waals surface area contributed by atoms with Gasteiger partial charge in [-0.25, -0.2) is 0 Å². The molecule has 0 spiro atoms. The number of aryl methyl sites for hydroxylation is 1. The molecule has 1 amide bonds. The van der Waals surface area contributed by atoms with Crippen LogP contribution in [0.2, 0.25) is 0 Å². The fourth-order valence-electron chi connectivity index (χ4n) is 1.83. The first-order valence-corrected chi connectivity index (χ1v) is 6.80. The van der Waals surface area contributed by atoms with E-state index in [2.05, 4.69) is 6.07 Å². The molecule has 0 saturated heterocycles. The molecular weight excluding hydrogens is 258 g/mol. The number of nitrogen functional groups attached to an aromatic ring is 2. The van der Waals surface area contributed by atoms with Crippen LogP contribution in [0.3, 0.4) is 0 Å². The van der Waals surface area contributed by atoms with E-state index in [1.165, 1.54) is 10.4 Å². The molecular formula is C14H17N3OS. The molecule has 1 heterocycles. The minimum atomic E-state index is -0.0923. The smallest absolute Gasteiger partial charge is 0.256 e. The highest BCUT2D eigenvalue weighted by Crippen LogP contribution is 2.21. The molecule has 100 valence electrons. The fourth-order valence-corrected chi connectivity index (χ4v) is 2.79. The van der Waals surface area contributed by atoms with E-state index in [1.54, 1.807) is 41.5 Å². The molecule has 0 saturated carbocycles. The molecule has 0 aliphatic rings. The van der Waals surface area contributed by atoms with Gasteiger partial charge in [0.25, 0.3) is 5.91 Å². The van der Waals surface area contributed by atoms with E-state index in [-0.39, 0.29) is 5.91 Å². The summed E-state index contributed by atoms with van der Waals surface area (Å²) in [5, 5.41) is 2.03. The molecule has 0 aliphatic carbocycles. The Morgan fingerprint density at radius 2 is 2.05 bits per heavy atom. The number of carbonyl (C=O) groups is 1. The molecule has 0 unspecified atom stereocenters. The highest BCUT2D eigenvalue weighted by molar-refractivity contribution is 7.10. The second-order valence-electron chi connectivity index (χ2n) is 4.53. The molecule has 5 heteroatoms. The summed E-state index contributed by atoms with van der Waals surface area (Å²) in [6, 6.07) is 7.02. The van der Waals surface area contributed by atoms with Crippen molar-refractivity contribution in [1.29, 1.82) is 0 Å². The van der Waals surface area contributed by atoms with Crippen molar-refractivity contribution in [3.05, 3.63) is 45.6 Å². The van der Waals surface area contributed by atoms with Crippen LogP contribution in [0.5, 0.6) is 0 Å². The second kappa shape index (κ2) is 5.32. The van der Waals surface area contributed by atoms with E-state index >= 15 is 0 Å². The Bertz CT molecular complexity index is 606. The van der Waals surface area contributed by atoms with Crippen molar-refractivity contribution in [1.82, 2.24) is 4.90 Å². The Morgan fingerprint density at radius 1 is 1.32 bits per heavy atom. The lowest BCUT2D eigenvalue weighted by Crippen LogP contribution is -2.26. The average molecular weight is 275 g/mol. The van der Waals surface area contributed by atoms with Crippen LogP contribution in [-0.2, 0) is 6.54 Å². The van der Waals surface area contributed by atoms with Crippen LogP contribution in [0.1, 0.15) is 20.8 Å². The van der Waals surface area contributed by atoms with Crippen LogP contribution in [0.25, 0.3) is 0 Å². The van der Waals surface area contributed by atoms with Crippen molar-refractivity contribution >= 4 is 28.6 Å². The standard InChI is InChI=1S/C14H17N3OS/c1-9-5-6-19-13(9)8-17(2)14(18)11-4-3-10(15)7-12(11)16/h3-7H,8,15-16H2,1-2H3. The van der Waals surface area contributed by atoms with Crippen LogP contribution in [0, 0.1) is 6.92 Å². The number of thiophene rings is 1. The number of hydrogen-bond donors (Lipinski definition) is 2. The Labute approximate surface area is 116 Å². The van der Waals surface area contributed by atoms with Gasteiger partial charge in [-0.2, -0.15) is 0 Å². The molecule has 1 aromatic carbocycles. The van der Waals surface area contributed by atoms with E-state index in [9.17, 15) is 4.79 Å². The molecule has 0 atom stereocenters. The fraction of sp³-hybridized carbons (Fsp3) is 0.214. The second-order valence-corrected chi connectivity index (χ2v) is 5.54. The van der Waals surface area contributed by atoms with Gasteiger partial charge in [0.1, 0.15) is 0 Å². The summed E-state index contributed by atoms with van der Waals surface area (Å²) < 4.78 is 0. The Kier molecular flexibility index (Phi) is 3.76. The number of nitrogens with zero attached hydrogens (tertiary/aromatic N) is 1. The van der Waals surface area contributed by atoms with Crippen molar-refractivity contribution in [2.24, 2.45) is 0 Å². The third-order valence-corrected chi connectivity index (χ3v) is 4.01. The maximum absolute atomic E-state index is 12.3. The lowest BCUT2D eigenvalue weighted by Gasteiger charge is -2.18. The number of carbonyl (C=O) groups excluding carboxylic acids is 1. The zero-order chi connectivity index (χ0) is 14.0. The van der Waals surface area contributed by atoms with Crippen molar-refractivity contribution in [3.8, 4) is 0 Å². The van der Waals surface area contributed by atoms with Gasteiger partial charge < -0.3 is 16.4 Å². The van der Waals surface area contributed by atoms with Crippen molar-refractivity contribution in [2.75, 3.05) is 18.5 Å². The molecule has 0 radical (unpaired) electrons. The molecule has 0 aliphatic heterocycles. The molecule has 19 heavy (non-hydrogen) atoms. The monoisotopic (exact) mass is 275 g/mol. The van der Waals surface area contributed by atoms with Crippen LogP contribution >= 0.6 is 11.3 Å². The number of anilines is 2. The zero-order valence-corrected chi connectivity index (χ0v) is 11.8. The topological polar surface area (TPSA) is 72.3 Å². The maximum atomic E-state index is 12.3. The van der Waals surface area contributed by atoms with Crippen molar-refractivity contribution < 1.29 is 4.79 Å². The first-order valence-electron chi connectivity index (χ1n) is 5.92. The van der Waals surface area contributed by atoms with Crippen molar-refractivity contribution in [3.63, 3.8) is 0 Å². The summed E-state index contributed by atoms with van der Waals surface area (Å²) in [5.74, 6) is -0.0923. The minimum Gasteiger partial charge on any atom is -0.399 e. The van der Waals surface area contributed by atoms with E-state index in [4.69, 9.17) is 11.5 Å². The molecule has 0 fully saturated rings.